The summed E-state index contributed by atoms with van der Waals surface area (Å²) < 4.78 is 0. The van der Waals surface area contributed by atoms with Gasteiger partial charge in [0.05, 0.1) is 0 Å². The van der Waals surface area contributed by atoms with Gasteiger partial charge in [-0.15, -0.1) is 0 Å². The first kappa shape index (κ1) is 13.1. The van der Waals surface area contributed by atoms with Crippen molar-refractivity contribution in [2.45, 2.75) is 52.0 Å². The average Bonchev–Trinajstić information content (AvgIpc) is 2.37. The highest BCUT2D eigenvalue weighted by Crippen LogP contribution is 2.18. The van der Waals surface area contributed by atoms with E-state index in [9.17, 15) is 4.79 Å². The zero-order valence-electron chi connectivity index (χ0n) is 11.5. The molecule has 0 bridgehead atoms. The molecule has 1 aromatic rings. The molecular formula is C16H23NO. The van der Waals surface area contributed by atoms with E-state index in [0.717, 1.165) is 19.4 Å². The summed E-state index contributed by atoms with van der Waals surface area (Å²) >= 11 is 0. The van der Waals surface area contributed by atoms with Crippen LogP contribution in [0.4, 0.5) is 0 Å². The van der Waals surface area contributed by atoms with Crippen LogP contribution in [0.25, 0.3) is 0 Å². The third-order valence-corrected chi connectivity index (χ3v) is 3.83. The number of likely N-dealkylation sites (tertiary alicyclic amines) is 1. The first-order valence-electron chi connectivity index (χ1n) is 7.02. The molecule has 18 heavy (non-hydrogen) atoms. The topological polar surface area (TPSA) is 20.3 Å². The molecule has 2 rings (SSSR count). The van der Waals surface area contributed by atoms with Crippen molar-refractivity contribution in [2.75, 3.05) is 6.54 Å². The quantitative estimate of drug-likeness (QED) is 0.800. The minimum absolute atomic E-state index is 0.323. The molecule has 1 atom stereocenters. The van der Waals surface area contributed by atoms with Crippen molar-refractivity contribution in [3.05, 3.63) is 35.4 Å². The van der Waals surface area contributed by atoms with E-state index >= 15 is 0 Å². The van der Waals surface area contributed by atoms with Gasteiger partial charge < -0.3 is 4.90 Å². The van der Waals surface area contributed by atoms with Crippen molar-refractivity contribution in [3.8, 4) is 0 Å². The van der Waals surface area contributed by atoms with Crippen molar-refractivity contribution < 1.29 is 4.79 Å². The molecule has 1 amide bonds. The Kier molecular flexibility index (Phi) is 4.40. The number of carbonyl (C=O) groups is 1. The number of piperidine rings is 1. The zero-order valence-corrected chi connectivity index (χ0v) is 11.5. The number of nitrogens with zero attached hydrogens (tertiary/aromatic N) is 1. The summed E-state index contributed by atoms with van der Waals surface area (Å²) in [6, 6.07) is 8.88. The number of amides is 1. The van der Waals surface area contributed by atoms with Gasteiger partial charge in [0.25, 0.3) is 0 Å². The van der Waals surface area contributed by atoms with Gasteiger partial charge >= 0.3 is 0 Å². The first-order chi connectivity index (χ1) is 8.66. The fourth-order valence-corrected chi connectivity index (χ4v) is 2.73. The third kappa shape index (κ3) is 3.34. The Morgan fingerprint density at radius 1 is 1.39 bits per heavy atom. The summed E-state index contributed by atoms with van der Waals surface area (Å²) in [5.41, 5.74) is 2.54. The number of benzene rings is 1. The largest absolute Gasteiger partial charge is 0.340 e. The van der Waals surface area contributed by atoms with Crippen molar-refractivity contribution in [3.63, 3.8) is 0 Å². The van der Waals surface area contributed by atoms with Crippen molar-refractivity contribution in [1.82, 2.24) is 4.90 Å². The van der Waals surface area contributed by atoms with Crippen LogP contribution in [-0.4, -0.2) is 23.4 Å². The Bertz CT molecular complexity index is 413. The van der Waals surface area contributed by atoms with Crippen LogP contribution in [0.3, 0.4) is 0 Å². The minimum Gasteiger partial charge on any atom is -0.340 e. The number of rotatable bonds is 3. The molecule has 98 valence electrons. The van der Waals surface area contributed by atoms with Gasteiger partial charge in [0.2, 0.25) is 5.91 Å². The van der Waals surface area contributed by atoms with Crippen LogP contribution in [0, 0.1) is 6.92 Å². The molecule has 1 saturated heterocycles. The van der Waals surface area contributed by atoms with Crippen molar-refractivity contribution in [2.24, 2.45) is 0 Å². The van der Waals surface area contributed by atoms with Gasteiger partial charge in [0.15, 0.2) is 0 Å². The highest BCUT2D eigenvalue weighted by atomic mass is 16.2. The number of carbonyl (C=O) groups excluding carboxylic acids is 1. The Balaban J connectivity index is 1.88. The van der Waals surface area contributed by atoms with Crippen molar-refractivity contribution in [1.29, 1.82) is 0 Å². The van der Waals surface area contributed by atoms with Crippen LogP contribution in [0.1, 0.15) is 43.7 Å². The van der Waals surface area contributed by atoms with Crippen molar-refractivity contribution >= 4 is 5.91 Å². The molecule has 0 aromatic heterocycles. The van der Waals surface area contributed by atoms with Gasteiger partial charge in [-0.05, 0) is 45.1 Å². The molecule has 1 heterocycles. The Labute approximate surface area is 110 Å². The van der Waals surface area contributed by atoms with E-state index in [1.165, 1.54) is 24.0 Å². The number of aryl methyl sites for hydroxylation is 2. The molecule has 0 radical (unpaired) electrons. The Morgan fingerprint density at radius 2 is 2.22 bits per heavy atom. The van der Waals surface area contributed by atoms with E-state index in [4.69, 9.17) is 0 Å². The SMILES string of the molecule is Cc1cccc(CCC(=O)N2CCCCC2C)c1. The molecular weight excluding hydrogens is 222 g/mol. The maximum absolute atomic E-state index is 12.2. The monoisotopic (exact) mass is 245 g/mol. The Morgan fingerprint density at radius 3 is 2.94 bits per heavy atom. The van der Waals surface area contributed by atoms with Gasteiger partial charge in [0.1, 0.15) is 0 Å². The fraction of sp³-hybridized carbons (Fsp3) is 0.562. The minimum atomic E-state index is 0.323. The predicted octanol–water partition coefficient (Wildman–Crippen LogP) is 3.33. The fourth-order valence-electron chi connectivity index (χ4n) is 2.73. The van der Waals surface area contributed by atoms with E-state index < -0.39 is 0 Å². The summed E-state index contributed by atoms with van der Waals surface area (Å²) in [4.78, 5) is 14.3. The molecule has 1 aliphatic rings. The summed E-state index contributed by atoms with van der Waals surface area (Å²) in [5, 5.41) is 0. The molecule has 1 fully saturated rings. The maximum Gasteiger partial charge on any atom is 0.223 e. The van der Waals surface area contributed by atoms with Crippen LogP contribution in [0.5, 0.6) is 0 Å². The highest BCUT2D eigenvalue weighted by Gasteiger charge is 2.22. The maximum atomic E-state index is 12.2. The van der Waals surface area contributed by atoms with E-state index in [1.807, 2.05) is 0 Å². The number of hydrogen-bond acceptors (Lipinski definition) is 1. The zero-order chi connectivity index (χ0) is 13.0. The molecule has 2 nitrogen and oxygen atoms in total. The van der Waals surface area contributed by atoms with Gasteiger partial charge in [-0.25, -0.2) is 0 Å². The van der Waals surface area contributed by atoms with Gasteiger partial charge in [-0.2, -0.15) is 0 Å². The average molecular weight is 245 g/mol. The standard InChI is InChI=1S/C16H23NO/c1-13-6-5-8-15(12-13)9-10-16(18)17-11-4-3-7-14(17)2/h5-6,8,12,14H,3-4,7,9-11H2,1-2H3. The summed E-state index contributed by atoms with van der Waals surface area (Å²) in [6.07, 6.45) is 5.11. The van der Waals surface area contributed by atoms with Crippen LogP contribution in [0.15, 0.2) is 24.3 Å². The van der Waals surface area contributed by atoms with E-state index in [1.54, 1.807) is 0 Å². The predicted molar refractivity (Wildman–Crippen MR) is 74.5 cm³/mol. The molecule has 0 saturated carbocycles. The van der Waals surface area contributed by atoms with Crippen LogP contribution in [0.2, 0.25) is 0 Å². The first-order valence-corrected chi connectivity index (χ1v) is 7.02. The lowest BCUT2D eigenvalue weighted by atomic mass is 10.0. The Hall–Kier alpha value is -1.31. The molecule has 2 heteroatoms. The van der Waals surface area contributed by atoms with E-state index in [0.29, 0.717) is 18.4 Å². The summed E-state index contributed by atoms with van der Waals surface area (Å²) in [5.74, 6) is 0.323. The summed E-state index contributed by atoms with van der Waals surface area (Å²) in [6.45, 7) is 5.22. The highest BCUT2D eigenvalue weighted by molar-refractivity contribution is 5.76. The second-order valence-corrected chi connectivity index (χ2v) is 5.42. The van der Waals surface area contributed by atoms with E-state index in [-0.39, 0.29) is 0 Å². The summed E-state index contributed by atoms with van der Waals surface area (Å²) in [7, 11) is 0. The molecule has 1 aromatic carbocycles. The van der Waals surface area contributed by atoms with Crippen LogP contribution < -0.4 is 0 Å². The lowest BCUT2D eigenvalue weighted by Crippen LogP contribution is -2.42. The molecule has 0 N–H and O–H groups in total. The van der Waals surface area contributed by atoms with Crippen LogP contribution >= 0.6 is 0 Å². The third-order valence-electron chi connectivity index (χ3n) is 3.83. The second-order valence-electron chi connectivity index (χ2n) is 5.42. The lowest BCUT2D eigenvalue weighted by Gasteiger charge is -2.33. The normalized spacial score (nSPS) is 19.9. The molecule has 0 aliphatic carbocycles. The van der Waals surface area contributed by atoms with Gasteiger partial charge in [-0.3, -0.25) is 4.79 Å². The smallest absolute Gasteiger partial charge is 0.223 e. The molecule has 0 spiro atoms. The number of hydrogen-bond donors (Lipinski definition) is 0. The van der Waals surface area contributed by atoms with Gasteiger partial charge in [0, 0.05) is 19.0 Å². The molecule has 1 aliphatic heterocycles. The molecule has 1 unspecified atom stereocenters. The van der Waals surface area contributed by atoms with Crippen LogP contribution in [-0.2, 0) is 11.2 Å². The van der Waals surface area contributed by atoms with E-state index in [2.05, 4.69) is 43.0 Å². The lowest BCUT2D eigenvalue weighted by molar-refractivity contribution is -0.134. The second kappa shape index (κ2) is 6.03. The van der Waals surface area contributed by atoms with Gasteiger partial charge in [-0.1, -0.05) is 29.8 Å².